The second-order valence-electron chi connectivity index (χ2n) is 4.75. The number of halogens is 2. The molecule has 0 unspecified atom stereocenters. The van der Waals surface area contributed by atoms with Crippen LogP contribution in [0.25, 0.3) is 0 Å². The molecule has 1 aliphatic heterocycles. The molecule has 4 heteroatoms. The van der Waals surface area contributed by atoms with Crippen LogP contribution in [0.3, 0.4) is 0 Å². The summed E-state index contributed by atoms with van der Waals surface area (Å²) in [6.45, 7) is 3.43. The van der Waals surface area contributed by atoms with Crippen molar-refractivity contribution in [3.8, 4) is 0 Å². The Morgan fingerprint density at radius 2 is 2.12 bits per heavy atom. The minimum absolute atomic E-state index is 0.765. The lowest BCUT2D eigenvalue weighted by atomic mass is 9.97. The fourth-order valence-corrected chi connectivity index (χ4v) is 2.70. The molecule has 2 rings (SSSR count). The highest BCUT2D eigenvalue weighted by Gasteiger charge is 2.16. The third-order valence-corrected chi connectivity index (χ3v) is 4.17. The van der Waals surface area contributed by atoms with Gasteiger partial charge in [-0.2, -0.15) is 0 Å². The zero-order valence-electron chi connectivity index (χ0n) is 10.0. The van der Waals surface area contributed by atoms with Crippen LogP contribution in [0.1, 0.15) is 12.8 Å². The Labute approximate surface area is 116 Å². The molecule has 1 aromatic carbocycles. The number of anilines is 1. The van der Waals surface area contributed by atoms with E-state index >= 15 is 0 Å². The fraction of sp³-hybridized carbons (Fsp3) is 0.538. The minimum Gasteiger partial charge on any atom is -0.384 e. The van der Waals surface area contributed by atoms with Gasteiger partial charge in [-0.3, -0.25) is 0 Å². The molecule has 0 bridgehead atoms. The molecule has 0 aliphatic carbocycles. The van der Waals surface area contributed by atoms with Crippen LogP contribution in [-0.4, -0.2) is 31.6 Å². The Bertz CT molecular complexity index is 376. The van der Waals surface area contributed by atoms with E-state index < -0.39 is 0 Å². The number of nitrogens with one attached hydrogen (secondary N) is 1. The second kappa shape index (κ2) is 6.07. The molecule has 94 valence electrons. The predicted molar refractivity (Wildman–Crippen MR) is 77.9 cm³/mol. The summed E-state index contributed by atoms with van der Waals surface area (Å²) in [5.74, 6) is 0.765. The number of piperidine rings is 1. The third kappa shape index (κ3) is 3.87. The molecule has 0 spiro atoms. The highest BCUT2D eigenvalue weighted by atomic mass is 79.9. The summed E-state index contributed by atoms with van der Waals surface area (Å²) in [7, 11) is 2.19. The number of hydrogen-bond acceptors (Lipinski definition) is 2. The lowest BCUT2D eigenvalue weighted by Crippen LogP contribution is -2.32. The zero-order valence-corrected chi connectivity index (χ0v) is 12.4. The fourth-order valence-electron chi connectivity index (χ4n) is 2.15. The van der Waals surface area contributed by atoms with Gasteiger partial charge in [0.25, 0.3) is 0 Å². The molecule has 1 aliphatic rings. The molecule has 2 nitrogen and oxygen atoms in total. The van der Waals surface area contributed by atoms with Gasteiger partial charge < -0.3 is 10.2 Å². The highest BCUT2D eigenvalue weighted by molar-refractivity contribution is 9.10. The molecule has 0 atom stereocenters. The Balaban J connectivity index is 1.87. The van der Waals surface area contributed by atoms with Crippen LogP contribution in [0, 0.1) is 5.92 Å². The molecule has 1 aromatic rings. The van der Waals surface area contributed by atoms with Crippen molar-refractivity contribution in [2.75, 3.05) is 32.0 Å². The van der Waals surface area contributed by atoms with Crippen LogP contribution >= 0.6 is 27.5 Å². The SMILES string of the molecule is CN1CCC(CNc2cc(Br)ccc2Cl)CC1. The monoisotopic (exact) mass is 316 g/mol. The molecule has 0 saturated carbocycles. The van der Waals surface area contributed by atoms with Gasteiger partial charge in [-0.1, -0.05) is 27.5 Å². The molecule has 0 aromatic heterocycles. The first-order valence-electron chi connectivity index (χ1n) is 6.02. The Morgan fingerprint density at radius 3 is 2.82 bits per heavy atom. The molecular weight excluding hydrogens is 300 g/mol. The normalized spacial score (nSPS) is 18.3. The largest absolute Gasteiger partial charge is 0.384 e. The number of nitrogens with zero attached hydrogens (tertiary/aromatic N) is 1. The smallest absolute Gasteiger partial charge is 0.0638 e. The summed E-state index contributed by atoms with van der Waals surface area (Å²) in [6, 6.07) is 5.92. The highest BCUT2D eigenvalue weighted by Crippen LogP contribution is 2.26. The van der Waals surface area contributed by atoms with Crippen molar-refractivity contribution in [3.05, 3.63) is 27.7 Å². The van der Waals surface area contributed by atoms with Crippen LogP contribution in [0.15, 0.2) is 22.7 Å². The van der Waals surface area contributed by atoms with E-state index in [4.69, 9.17) is 11.6 Å². The van der Waals surface area contributed by atoms with E-state index in [0.29, 0.717) is 0 Å². The van der Waals surface area contributed by atoms with Crippen LogP contribution in [0.5, 0.6) is 0 Å². The van der Waals surface area contributed by atoms with Gasteiger partial charge in [0.15, 0.2) is 0 Å². The summed E-state index contributed by atoms with van der Waals surface area (Å²) in [6.07, 6.45) is 2.55. The maximum Gasteiger partial charge on any atom is 0.0638 e. The van der Waals surface area contributed by atoms with Gasteiger partial charge in [0, 0.05) is 11.0 Å². The Morgan fingerprint density at radius 1 is 1.41 bits per heavy atom. The first-order chi connectivity index (χ1) is 8.15. The maximum absolute atomic E-state index is 6.15. The van der Waals surface area contributed by atoms with Crippen LogP contribution in [0.4, 0.5) is 5.69 Å². The maximum atomic E-state index is 6.15. The van der Waals surface area contributed by atoms with Crippen molar-refractivity contribution in [1.29, 1.82) is 0 Å². The summed E-state index contributed by atoms with van der Waals surface area (Å²) >= 11 is 9.61. The third-order valence-electron chi connectivity index (χ3n) is 3.35. The number of rotatable bonds is 3. The predicted octanol–water partition coefficient (Wildman–Crippen LogP) is 3.86. The molecule has 1 N–H and O–H groups in total. The molecule has 1 saturated heterocycles. The zero-order chi connectivity index (χ0) is 12.3. The van der Waals surface area contributed by atoms with Crippen LogP contribution < -0.4 is 5.32 Å². The average molecular weight is 318 g/mol. The second-order valence-corrected chi connectivity index (χ2v) is 6.07. The van der Waals surface area contributed by atoms with E-state index in [9.17, 15) is 0 Å². The van der Waals surface area contributed by atoms with Crippen molar-refractivity contribution in [1.82, 2.24) is 4.90 Å². The van der Waals surface area contributed by atoms with E-state index in [1.165, 1.54) is 25.9 Å². The molecule has 17 heavy (non-hydrogen) atoms. The number of benzene rings is 1. The molecule has 1 heterocycles. The standard InChI is InChI=1S/C13H18BrClN2/c1-17-6-4-10(5-7-17)9-16-13-8-11(14)2-3-12(13)15/h2-3,8,10,16H,4-7,9H2,1H3. The summed E-state index contributed by atoms with van der Waals surface area (Å²) in [5, 5.41) is 4.25. The van der Waals surface area contributed by atoms with Crippen molar-refractivity contribution in [2.45, 2.75) is 12.8 Å². The summed E-state index contributed by atoms with van der Waals surface area (Å²) in [4.78, 5) is 2.39. The van der Waals surface area contributed by atoms with E-state index in [2.05, 4.69) is 33.2 Å². The average Bonchev–Trinajstić information content (AvgIpc) is 2.32. The summed E-state index contributed by atoms with van der Waals surface area (Å²) < 4.78 is 1.06. The van der Waals surface area contributed by atoms with Crippen molar-refractivity contribution < 1.29 is 0 Å². The molecular formula is C13H18BrClN2. The number of likely N-dealkylation sites (tertiary alicyclic amines) is 1. The van der Waals surface area contributed by atoms with Crippen molar-refractivity contribution in [2.24, 2.45) is 5.92 Å². The molecule has 0 amide bonds. The van der Waals surface area contributed by atoms with Crippen LogP contribution in [-0.2, 0) is 0 Å². The quantitative estimate of drug-likeness (QED) is 0.911. The van der Waals surface area contributed by atoms with Gasteiger partial charge in [-0.05, 0) is 57.1 Å². The lowest BCUT2D eigenvalue weighted by Gasteiger charge is -2.29. The van der Waals surface area contributed by atoms with Gasteiger partial charge in [0.1, 0.15) is 0 Å². The van der Waals surface area contributed by atoms with E-state index in [0.717, 1.165) is 27.6 Å². The topological polar surface area (TPSA) is 15.3 Å². The first kappa shape index (κ1) is 13.2. The van der Waals surface area contributed by atoms with Gasteiger partial charge in [0.2, 0.25) is 0 Å². The lowest BCUT2D eigenvalue weighted by molar-refractivity contribution is 0.226. The van der Waals surface area contributed by atoms with Gasteiger partial charge in [-0.25, -0.2) is 0 Å². The molecule has 1 fully saturated rings. The Kier molecular flexibility index (Phi) is 4.71. The van der Waals surface area contributed by atoms with Crippen molar-refractivity contribution >= 4 is 33.2 Å². The Hall–Kier alpha value is -0.250. The van der Waals surface area contributed by atoms with Gasteiger partial charge >= 0.3 is 0 Å². The van der Waals surface area contributed by atoms with Gasteiger partial charge in [0.05, 0.1) is 10.7 Å². The number of hydrogen-bond donors (Lipinski definition) is 1. The van der Waals surface area contributed by atoms with E-state index in [1.807, 2.05) is 18.2 Å². The van der Waals surface area contributed by atoms with E-state index in [1.54, 1.807) is 0 Å². The van der Waals surface area contributed by atoms with Gasteiger partial charge in [-0.15, -0.1) is 0 Å². The van der Waals surface area contributed by atoms with Crippen molar-refractivity contribution in [3.63, 3.8) is 0 Å². The van der Waals surface area contributed by atoms with Crippen LogP contribution in [0.2, 0.25) is 5.02 Å². The van der Waals surface area contributed by atoms with E-state index in [-0.39, 0.29) is 0 Å². The summed E-state index contributed by atoms with van der Waals surface area (Å²) in [5.41, 5.74) is 1.03. The first-order valence-corrected chi connectivity index (χ1v) is 7.19. The minimum atomic E-state index is 0.765. The molecule has 0 radical (unpaired) electrons.